The first-order chi connectivity index (χ1) is 20.9. The fraction of sp³-hybridized carbons (Fsp3) is 0.500. The molecule has 0 spiro atoms. The summed E-state index contributed by atoms with van der Waals surface area (Å²) in [6.07, 6.45) is 12.7. The molecule has 6 nitrogen and oxygen atoms in total. The molecule has 0 fully saturated rings. The molecule has 6 heteroatoms. The van der Waals surface area contributed by atoms with Gasteiger partial charge in [-0.25, -0.2) is 0 Å². The molecule has 4 rings (SSSR count). The topological polar surface area (TPSA) is 55.4 Å². The fourth-order valence-corrected chi connectivity index (χ4v) is 4.83. The second-order valence-corrected chi connectivity index (χ2v) is 10.7. The van der Waals surface area contributed by atoms with Crippen LogP contribution in [0.5, 0.6) is 34.5 Å². The minimum atomic E-state index is 0.687. The molecule has 0 amide bonds. The van der Waals surface area contributed by atoms with Crippen LogP contribution in [0.25, 0.3) is 0 Å². The quantitative estimate of drug-likeness (QED) is 0.266. The second kappa shape index (κ2) is 19.6. The molecule has 0 aromatic heterocycles. The van der Waals surface area contributed by atoms with Crippen LogP contribution < -0.4 is 28.4 Å². The van der Waals surface area contributed by atoms with Crippen LogP contribution in [0.2, 0.25) is 0 Å². The van der Waals surface area contributed by atoms with Gasteiger partial charge in [0.15, 0.2) is 34.5 Å². The van der Waals surface area contributed by atoms with Crippen molar-refractivity contribution >= 4 is 0 Å². The maximum Gasteiger partial charge on any atom is 0.161 e. The number of hydrogen-bond donors (Lipinski definition) is 0. The fourth-order valence-electron chi connectivity index (χ4n) is 4.83. The van der Waals surface area contributed by atoms with Crippen molar-refractivity contribution in [2.75, 3.05) is 39.6 Å². The molecule has 1 heterocycles. The molecular formula is C36H48O6. The van der Waals surface area contributed by atoms with Crippen molar-refractivity contribution in [2.45, 2.75) is 77.0 Å². The van der Waals surface area contributed by atoms with Crippen molar-refractivity contribution in [1.29, 1.82) is 0 Å². The highest BCUT2D eigenvalue weighted by Gasteiger charge is 2.07. The van der Waals surface area contributed by atoms with E-state index in [0.29, 0.717) is 39.6 Å². The van der Waals surface area contributed by atoms with Crippen LogP contribution in [-0.2, 0) is 0 Å². The Labute approximate surface area is 252 Å². The Bertz CT molecular complexity index is 905. The van der Waals surface area contributed by atoms with Gasteiger partial charge < -0.3 is 28.4 Å². The van der Waals surface area contributed by atoms with Crippen LogP contribution in [-0.4, -0.2) is 39.6 Å². The highest BCUT2D eigenvalue weighted by molar-refractivity contribution is 5.40. The Hall–Kier alpha value is -3.54. The van der Waals surface area contributed by atoms with E-state index in [4.69, 9.17) is 28.4 Å². The lowest BCUT2D eigenvalue weighted by Crippen LogP contribution is -2.05. The molecule has 0 unspecified atom stereocenters. The average Bonchev–Trinajstić information content (AvgIpc) is 3.02. The Morgan fingerprint density at radius 1 is 0.238 bits per heavy atom. The van der Waals surface area contributed by atoms with E-state index >= 15 is 0 Å². The minimum Gasteiger partial charge on any atom is -0.490 e. The number of para-hydroxylation sites is 6. The third-order valence-corrected chi connectivity index (χ3v) is 7.21. The zero-order valence-corrected chi connectivity index (χ0v) is 25.1. The van der Waals surface area contributed by atoms with E-state index in [9.17, 15) is 0 Å². The summed E-state index contributed by atoms with van der Waals surface area (Å²) in [6.45, 7) is 4.12. The standard InChI is InChI=1S/C36H48O6/c1-2-14-26-38-33-21-9-10-22-34(33)40-28-16-5-6-18-30-42-36-24-12-11-23-35(36)41-29-17-4-3-15-27-39-32-20-8-7-19-31(32)37-25-13-1/h7-12,19-24H,1-6,13-18,25-30H2. The summed E-state index contributed by atoms with van der Waals surface area (Å²) in [6, 6.07) is 23.9. The zero-order valence-electron chi connectivity index (χ0n) is 25.1. The molecule has 1 aliphatic heterocycles. The van der Waals surface area contributed by atoms with E-state index in [0.717, 1.165) is 112 Å². The zero-order chi connectivity index (χ0) is 28.9. The summed E-state index contributed by atoms with van der Waals surface area (Å²) in [7, 11) is 0. The number of rotatable bonds is 0. The third kappa shape index (κ3) is 11.8. The molecule has 1 aliphatic rings. The van der Waals surface area contributed by atoms with Gasteiger partial charge in [0.2, 0.25) is 0 Å². The van der Waals surface area contributed by atoms with Crippen LogP contribution in [0.4, 0.5) is 0 Å². The maximum atomic E-state index is 6.06. The first-order valence-corrected chi connectivity index (χ1v) is 15.9. The summed E-state index contributed by atoms with van der Waals surface area (Å²) in [5.41, 5.74) is 0. The first kappa shape index (κ1) is 31.4. The smallest absolute Gasteiger partial charge is 0.161 e. The van der Waals surface area contributed by atoms with Crippen molar-refractivity contribution < 1.29 is 28.4 Å². The lowest BCUT2D eigenvalue weighted by atomic mass is 10.2. The van der Waals surface area contributed by atoms with Gasteiger partial charge in [0.1, 0.15) is 0 Å². The van der Waals surface area contributed by atoms with E-state index in [1.807, 2.05) is 72.8 Å². The number of hydrogen-bond acceptors (Lipinski definition) is 6. The number of ether oxygens (including phenoxy) is 6. The van der Waals surface area contributed by atoms with Gasteiger partial charge >= 0.3 is 0 Å². The molecule has 0 bridgehead atoms. The highest BCUT2D eigenvalue weighted by Crippen LogP contribution is 2.29. The maximum absolute atomic E-state index is 6.06. The first-order valence-electron chi connectivity index (χ1n) is 15.9. The van der Waals surface area contributed by atoms with Crippen LogP contribution in [0.1, 0.15) is 77.0 Å². The van der Waals surface area contributed by atoms with Gasteiger partial charge in [0, 0.05) is 0 Å². The average molecular weight is 577 g/mol. The Balaban J connectivity index is 1.26. The van der Waals surface area contributed by atoms with Gasteiger partial charge in [-0.05, 0) is 113 Å². The number of benzene rings is 3. The normalized spacial score (nSPS) is 17.4. The van der Waals surface area contributed by atoms with Crippen LogP contribution in [0, 0.1) is 0 Å². The second-order valence-electron chi connectivity index (χ2n) is 10.7. The van der Waals surface area contributed by atoms with E-state index in [1.165, 1.54) is 0 Å². The van der Waals surface area contributed by atoms with Gasteiger partial charge in [-0.2, -0.15) is 0 Å². The summed E-state index contributed by atoms with van der Waals surface area (Å²) >= 11 is 0. The summed E-state index contributed by atoms with van der Waals surface area (Å²) in [5, 5.41) is 0. The summed E-state index contributed by atoms with van der Waals surface area (Å²) < 4.78 is 36.4. The Morgan fingerprint density at radius 2 is 0.405 bits per heavy atom. The predicted molar refractivity (Wildman–Crippen MR) is 168 cm³/mol. The van der Waals surface area contributed by atoms with Crippen molar-refractivity contribution in [1.82, 2.24) is 0 Å². The SMILES string of the molecule is c1ccc2c(c1)OCCCCCCOc1ccccc1OCCCCCCOc1ccccc1OCCCCCCO2. The molecule has 0 saturated carbocycles. The lowest BCUT2D eigenvalue weighted by Gasteiger charge is -2.14. The van der Waals surface area contributed by atoms with E-state index < -0.39 is 0 Å². The van der Waals surface area contributed by atoms with Crippen LogP contribution in [0.3, 0.4) is 0 Å². The largest absolute Gasteiger partial charge is 0.490 e. The lowest BCUT2D eigenvalue weighted by molar-refractivity contribution is 0.244. The molecule has 3 aromatic rings. The molecule has 0 N–H and O–H groups in total. The van der Waals surface area contributed by atoms with Gasteiger partial charge in [0.05, 0.1) is 39.6 Å². The molecule has 3 aromatic carbocycles. The van der Waals surface area contributed by atoms with Crippen molar-refractivity contribution in [3.63, 3.8) is 0 Å². The van der Waals surface area contributed by atoms with E-state index in [1.54, 1.807) is 0 Å². The molecule has 42 heavy (non-hydrogen) atoms. The summed E-state index contributed by atoms with van der Waals surface area (Å²) in [4.78, 5) is 0. The van der Waals surface area contributed by atoms with Crippen LogP contribution in [0.15, 0.2) is 72.8 Å². The molecule has 0 atom stereocenters. The van der Waals surface area contributed by atoms with Gasteiger partial charge in [0.25, 0.3) is 0 Å². The monoisotopic (exact) mass is 576 g/mol. The van der Waals surface area contributed by atoms with Crippen molar-refractivity contribution in [3.8, 4) is 34.5 Å². The summed E-state index contributed by atoms with van der Waals surface area (Å²) in [5.74, 6) is 4.95. The molecular weight excluding hydrogens is 528 g/mol. The van der Waals surface area contributed by atoms with E-state index in [-0.39, 0.29) is 0 Å². The Kier molecular flexibility index (Phi) is 14.6. The molecule has 0 aliphatic carbocycles. The molecule has 0 radical (unpaired) electrons. The molecule has 228 valence electrons. The van der Waals surface area contributed by atoms with Crippen LogP contribution >= 0.6 is 0 Å². The van der Waals surface area contributed by atoms with Crippen molar-refractivity contribution in [2.24, 2.45) is 0 Å². The minimum absolute atomic E-state index is 0.687. The van der Waals surface area contributed by atoms with E-state index in [2.05, 4.69) is 0 Å². The highest BCUT2D eigenvalue weighted by atomic mass is 16.5. The predicted octanol–water partition coefficient (Wildman–Crippen LogP) is 9.05. The molecule has 0 saturated heterocycles. The van der Waals surface area contributed by atoms with Crippen molar-refractivity contribution in [3.05, 3.63) is 72.8 Å². The third-order valence-electron chi connectivity index (χ3n) is 7.21. The van der Waals surface area contributed by atoms with Gasteiger partial charge in [-0.3, -0.25) is 0 Å². The van der Waals surface area contributed by atoms with Gasteiger partial charge in [-0.15, -0.1) is 0 Å². The Morgan fingerprint density at radius 3 is 0.571 bits per heavy atom. The van der Waals surface area contributed by atoms with Gasteiger partial charge in [-0.1, -0.05) is 36.4 Å². The number of fused-ring (bicyclic) bond motifs is 3.